The van der Waals surface area contributed by atoms with E-state index in [0.29, 0.717) is 6.04 Å². The first-order valence-corrected chi connectivity index (χ1v) is 6.62. The molecule has 16 heavy (non-hydrogen) atoms. The van der Waals surface area contributed by atoms with Crippen LogP contribution in [0.2, 0.25) is 0 Å². The summed E-state index contributed by atoms with van der Waals surface area (Å²) in [6.45, 7) is 0. The average molecular weight is 238 g/mol. The lowest BCUT2D eigenvalue weighted by molar-refractivity contribution is 0.415. The second-order valence-corrected chi connectivity index (χ2v) is 5.20. The van der Waals surface area contributed by atoms with Crippen LogP contribution in [0.3, 0.4) is 0 Å². The fraction of sp³-hybridized carbons (Fsp3) is 0.500. The van der Waals surface area contributed by atoms with Crippen molar-refractivity contribution in [1.29, 1.82) is 0 Å². The Balaban J connectivity index is 2.23. The zero-order chi connectivity index (χ0) is 11.5. The van der Waals surface area contributed by atoms with E-state index in [1.807, 2.05) is 30.0 Å². The van der Waals surface area contributed by atoms with Gasteiger partial charge in [0.25, 0.3) is 0 Å². The zero-order valence-electron chi connectivity index (χ0n) is 9.77. The fourth-order valence-electron chi connectivity index (χ4n) is 1.98. The van der Waals surface area contributed by atoms with Crippen molar-refractivity contribution in [2.24, 2.45) is 0 Å². The number of nitrogens with zero attached hydrogens (tertiary/aromatic N) is 1. The highest BCUT2D eigenvalue weighted by molar-refractivity contribution is 7.99. The van der Waals surface area contributed by atoms with Crippen LogP contribution in [0.4, 0.5) is 11.4 Å². The molecule has 1 aliphatic heterocycles. The Morgan fingerprint density at radius 2 is 2.31 bits per heavy atom. The van der Waals surface area contributed by atoms with Crippen molar-refractivity contribution < 1.29 is 4.74 Å². The molecule has 3 nitrogen and oxygen atoms in total. The minimum atomic E-state index is 0.597. The molecule has 0 radical (unpaired) electrons. The fourth-order valence-corrected chi connectivity index (χ4v) is 3.25. The first-order valence-electron chi connectivity index (χ1n) is 5.46. The normalized spacial score (nSPS) is 19.8. The van der Waals surface area contributed by atoms with Crippen molar-refractivity contribution >= 4 is 23.1 Å². The molecule has 2 rings (SSSR count). The number of anilines is 2. The summed E-state index contributed by atoms with van der Waals surface area (Å²) in [5.74, 6) is 3.30. The van der Waals surface area contributed by atoms with Gasteiger partial charge in [-0.3, -0.25) is 0 Å². The number of ether oxygens (including phenoxy) is 1. The van der Waals surface area contributed by atoms with E-state index < -0.39 is 0 Å². The maximum atomic E-state index is 6.01. The molecule has 1 fully saturated rings. The van der Waals surface area contributed by atoms with Crippen LogP contribution in [0, 0.1) is 0 Å². The number of methoxy groups -OCH3 is 1. The Labute approximate surface area is 101 Å². The van der Waals surface area contributed by atoms with Crippen LogP contribution in [-0.2, 0) is 0 Å². The van der Waals surface area contributed by atoms with Crippen molar-refractivity contribution in [3.63, 3.8) is 0 Å². The van der Waals surface area contributed by atoms with Crippen molar-refractivity contribution in [1.82, 2.24) is 0 Å². The molecular formula is C12H18N2OS. The van der Waals surface area contributed by atoms with Gasteiger partial charge >= 0.3 is 0 Å². The Morgan fingerprint density at radius 3 is 2.94 bits per heavy atom. The number of hydrogen-bond donors (Lipinski definition) is 1. The lowest BCUT2D eigenvalue weighted by Gasteiger charge is -2.27. The molecule has 2 N–H and O–H groups in total. The highest BCUT2D eigenvalue weighted by Crippen LogP contribution is 2.32. The molecule has 0 amide bonds. The molecule has 1 aliphatic rings. The topological polar surface area (TPSA) is 38.5 Å². The third-order valence-corrected chi connectivity index (χ3v) is 4.22. The summed E-state index contributed by atoms with van der Waals surface area (Å²) in [7, 11) is 3.79. The molecule has 1 heterocycles. The lowest BCUT2D eigenvalue weighted by atomic mass is 10.1. The molecule has 1 unspecified atom stereocenters. The average Bonchev–Trinajstić information content (AvgIpc) is 2.82. The number of hydrogen-bond acceptors (Lipinski definition) is 4. The molecule has 0 bridgehead atoms. The van der Waals surface area contributed by atoms with Gasteiger partial charge < -0.3 is 15.4 Å². The molecule has 88 valence electrons. The van der Waals surface area contributed by atoms with Crippen LogP contribution in [0.1, 0.15) is 6.42 Å². The van der Waals surface area contributed by atoms with Crippen LogP contribution in [0.25, 0.3) is 0 Å². The second-order valence-electron chi connectivity index (χ2n) is 4.05. The molecular weight excluding hydrogens is 220 g/mol. The number of thioether (sulfide) groups is 1. The van der Waals surface area contributed by atoms with E-state index in [2.05, 4.69) is 11.9 Å². The van der Waals surface area contributed by atoms with E-state index in [-0.39, 0.29) is 0 Å². The van der Waals surface area contributed by atoms with Crippen LogP contribution in [0.15, 0.2) is 18.2 Å². The van der Waals surface area contributed by atoms with Gasteiger partial charge in [-0.1, -0.05) is 0 Å². The van der Waals surface area contributed by atoms with Crippen molar-refractivity contribution in [2.75, 3.05) is 36.3 Å². The van der Waals surface area contributed by atoms with Gasteiger partial charge in [-0.15, -0.1) is 0 Å². The highest BCUT2D eigenvalue weighted by atomic mass is 32.2. The van der Waals surface area contributed by atoms with E-state index in [9.17, 15) is 0 Å². The van der Waals surface area contributed by atoms with Crippen LogP contribution >= 0.6 is 11.8 Å². The molecule has 1 aromatic carbocycles. The summed E-state index contributed by atoms with van der Waals surface area (Å²) in [6.07, 6.45) is 1.23. The van der Waals surface area contributed by atoms with Crippen molar-refractivity contribution in [3.05, 3.63) is 18.2 Å². The van der Waals surface area contributed by atoms with E-state index in [1.54, 1.807) is 7.11 Å². The number of nitrogens with two attached hydrogens (primary N) is 1. The maximum absolute atomic E-state index is 6.01. The summed E-state index contributed by atoms with van der Waals surface area (Å²) in [5.41, 5.74) is 7.90. The number of nitrogen functional groups attached to an aromatic ring is 1. The standard InChI is InChI=1S/C12H18N2OS/c1-14(9-5-6-16-8-9)12-7-10(15-2)3-4-11(12)13/h3-4,7,9H,5-6,8,13H2,1-2H3. The Hall–Kier alpha value is -1.03. The molecule has 1 saturated heterocycles. The summed E-state index contributed by atoms with van der Waals surface area (Å²) in [5, 5.41) is 0. The predicted octanol–water partition coefficient (Wildman–Crippen LogP) is 2.22. The molecule has 0 spiro atoms. The van der Waals surface area contributed by atoms with Crippen molar-refractivity contribution in [2.45, 2.75) is 12.5 Å². The van der Waals surface area contributed by atoms with Gasteiger partial charge in [0.05, 0.1) is 18.5 Å². The second kappa shape index (κ2) is 4.87. The third kappa shape index (κ3) is 2.21. The lowest BCUT2D eigenvalue weighted by Crippen LogP contribution is -2.31. The van der Waals surface area contributed by atoms with E-state index in [4.69, 9.17) is 10.5 Å². The molecule has 4 heteroatoms. The predicted molar refractivity (Wildman–Crippen MR) is 71.5 cm³/mol. The first-order chi connectivity index (χ1) is 7.72. The summed E-state index contributed by atoms with van der Waals surface area (Å²) in [6, 6.07) is 6.42. The summed E-state index contributed by atoms with van der Waals surface area (Å²) >= 11 is 2.01. The van der Waals surface area contributed by atoms with Crippen molar-refractivity contribution in [3.8, 4) is 5.75 Å². The summed E-state index contributed by atoms with van der Waals surface area (Å²) < 4.78 is 5.24. The molecule has 0 aliphatic carbocycles. The van der Waals surface area contributed by atoms with Crippen LogP contribution < -0.4 is 15.4 Å². The SMILES string of the molecule is COc1ccc(N)c(N(C)C2CCSC2)c1. The van der Waals surface area contributed by atoms with Gasteiger partial charge in [0.15, 0.2) is 0 Å². The minimum absolute atomic E-state index is 0.597. The third-order valence-electron chi connectivity index (χ3n) is 3.07. The summed E-state index contributed by atoms with van der Waals surface area (Å²) in [4.78, 5) is 2.28. The van der Waals surface area contributed by atoms with E-state index >= 15 is 0 Å². The van der Waals surface area contributed by atoms with Crippen LogP contribution in [-0.4, -0.2) is 31.7 Å². The smallest absolute Gasteiger partial charge is 0.121 e. The zero-order valence-corrected chi connectivity index (χ0v) is 10.6. The van der Waals surface area contributed by atoms with Gasteiger partial charge in [-0.05, 0) is 24.3 Å². The largest absolute Gasteiger partial charge is 0.497 e. The number of benzene rings is 1. The number of rotatable bonds is 3. The molecule has 1 atom stereocenters. The van der Waals surface area contributed by atoms with Gasteiger partial charge in [0.1, 0.15) is 5.75 Å². The van der Waals surface area contributed by atoms with Gasteiger partial charge in [-0.25, -0.2) is 0 Å². The Bertz CT molecular complexity index is 364. The molecule has 1 aromatic rings. The molecule has 0 saturated carbocycles. The monoisotopic (exact) mass is 238 g/mol. The molecule has 0 aromatic heterocycles. The van der Waals surface area contributed by atoms with E-state index in [0.717, 1.165) is 17.1 Å². The maximum Gasteiger partial charge on any atom is 0.121 e. The first kappa shape index (κ1) is 11.5. The quantitative estimate of drug-likeness (QED) is 0.820. The van der Waals surface area contributed by atoms with Gasteiger partial charge in [-0.2, -0.15) is 11.8 Å². The Morgan fingerprint density at radius 1 is 1.50 bits per heavy atom. The van der Waals surface area contributed by atoms with Crippen LogP contribution in [0.5, 0.6) is 5.75 Å². The van der Waals surface area contributed by atoms with Gasteiger partial charge in [0, 0.05) is 24.9 Å². The van der Waals surface area contributed by atoms with Gasteiger partial charge in [0.2, 0.25) is 0 Å². The minimum Gasteiger partial charge on any atom is -0.497 e. The van der Waals surface area contributed by atoms with E-state index in [1.165, 1.54) is 17.9 Å². The highest BCUT2D eigenvalue weighted by Gasteiger charge is 2.21. The Kier molecular flexibility index (Phi) is 3.49.